The van der Waals surface area contributed by atoms with Gasteiger partial charge in [-0.2, -0.15) is 0 Å². The zero-order valence-corrected chi connectivity index (χ0v) is 12.0. The lowest BCUT2D eigenvalue weighted by Crippen LogP contribution is -2.55. The molecule has 2 atom stereocenters. The Kier molecular flexibility index (Phi) is 4.28. The molecular weight excluding hydrogens is 256 g/mol. The first-order chi connectivity index (χ1) is 9.49. The molecular formula is C15H22N2O3. The number of aliphatic carboxylic acids is 1. The molecule has 110 valence electrons. The van der Waals surface area contributed by atoms with Crippen LogP contribution in [0, 0.1) is 12.3 Å². The normalized spacial score (nSPS) is 26.6. The molecule has 1 aliphatic heterocycles. The smallest absolute Gasteiger partial charge is 0.312 e. The average Bonchev–Trinajstić information content (AvgIpc) is 2.42. The van der Waals surface area contributed by atoms with Gasteiger partial charge >= 0.3 is 5.97 Å². The van der Waals surface area contributed by atoms with Gasteiger partial charge in [0.25, 0.3) is 0 Å². The molecule has 2 rings (SSSR count). The quantitative estimate of drug-likeness (QED) is 0.879. The third-order valence-corrected chi connectivity index (χ3v) is 4.20. The molecule has 1 aromatic heterocycles. The van der Waals surface area contributed by atoms with Crippen molar-refractivity contribution in [1.29, 1.82) is 0 Å². The average molecular weight is 278 g/mol. The Morgan fingerprint density at radius 2 is 2.30 bits per heavy atom. The lowest BCUT2D eigenvalue weighted by molar-refractivity contribution is -0.159. The van der Waals surface area contributed by atoms with Gasteiger partial charge in [0.1, 0.15) is 5.82 Å². The van der Waals surface area contributed by atoms with Gasteiger partial charge in [0.05, 0.1) is 11.5 Å². The number of aliphatic hydroxyl groups excluding tert-OH is 1. The predicted octanol–water partition coefficient (Wildman–Crippen LogP) is 1.83. The van der Waals surface area contributed by atoms with Crippen molar-refractivity contribution < 1.29 is 15.0 Å². The second-order valence-corrected chi connectivity index (χ2v) is 5.62. The summed E-state index contributed by atoms with van der Waals surface area (Å²) in [6.45, 7) is 4.85. The van der Waals surface area contributed by atoms with E-state index in [0.29, 0.717) is 25.9 Å². The van der Waals surface area contributed by atoms with Gasteiger partial charge in [-0.3, -0.25) is 4.79 Å². The van der Waals surface area contributed by atoms with Crippen LogP contribution >= 0.6 is 0 Å². The predicted molar refractivity (Wildman–Crippen MR) is 76.8 cm³/mol. The number of aliphatic hydroxyl groups is 1. The first-order valence-corrected chi connectivity index (χ1v) is 7.08. The number of carboxylic acids is 1. The molecule has 1 fully saturated rings. The highest BCUT2D eigenvalue weighted by Gasteiger charge is 2.48. The molecule has 0 saturated carbocycles. The van der Waals surface area contributed by atoms with Gasteiger partial charge in [0.15, 0.2) is 0 Å². The van der Waals surface area contributed by atoms with E-state index in [0.717, 1.165) is 17.8 Å². The first kappa shape index (κ1) is 14.8. The summed E-state index contributed by atoms with van der Waals surface area (Å²) < 4.78 is 0. The molecule has 0 unspecified atom stereocenters. The number of nitrogens with zero attached hydrogens (tertiary/aromatic N) is 2. The number of aryl methyl sites for hydroxylation is 1. The number of hydrogen-bond acceptors (Lipinski definition) is 4. The Balaban J connectivity index is 2.15. The van der Waals surface area contributed by atoms with Gasteiger partial charge in [-0.15, -0.1) is 0 Å². The highest BCUT2D eigenvalue weighted by Crippen LogP contribution is 2.37. The Labute approximate surface area is 119 Å². The Morgan fingerprint density at radius 3 is 2.80 bits per heavy atom. The SMILES string of the molecule is CCC[C@]1(C(=O)O)CCN(c2ccc(C)cn2)C[C@@H]1O. The fourth-order valence-electron chi connectivity index (χ4n) is 2.93. The molecule has 5 nitrogen and oxygen atoms in total. The molecule has 2 N–H and O–H groups in total. The third-order valence-electron chi connectivity index (χ3n) is 4.20. The van der Waals surface area contributed by atoms with E-state index in [-0.39, 0.29) is 0 Å². The number of hydrogen-bond donors (Lipinski definition) is 2. The van der Waals surface area contributed by atoms with Crippen LogP contribution < -0.4 is 4.90 Å². The van der Waals surface area contributed by atoms with Gasteiger partial charge in [-0.1, -0.05) is 19.4 Å². The van der Waals surface area contributed by atoms with Crippen LogP contribution in [0.5, 0.6) is 0 Å². The Bertz CT molecular complexity index is 475. The Morgan fingerprint density at radius 1 is 1.55 bits per heavy atom. The maximum Gasteiger partial charge on any atom is 0.312 e. The van der Waals surface area contributed by atoms with Gasteiger partial charge in [0, 0.05) is 19.3 Å². The van der Waals surface area contributed by atoms with Crippen LogP contribution in [0.1, 0.15) is 31.7 Å². The number of anilines is 1. The fourth-order valence-corrected chi connectivity index (χ4v) is 2.93. The zero-order valence-electron chi connectivity index (χ0n) is 12.0. The van der Waals surface area contributed by atoms with Crippen LogP contribution in [0.15, 0.2) is 18.3 Å². The summed E-state index contributed by atoms with van der Waals surface area (Å²) in [6, 6.07) is 3.88. The van der Waals surface area contributed by atoms with Crippen LogP contribution in [-0.4, -0.2) is 40.4 Å². The molecule has 0 radical (unpaired) electrons. The molecule has 0 aliphatic carbocycles. The molecule has 0 bridgehead atoms. The minimum atomic E-state index is -1.00. The molecule has 1 aromatic rings. The minimum Gasteiger partial charge on any atom is -0.481 e. The van der Waals surface area contributed by atoms with Crippen molar-refractivity contribution in [2.45, 2.75) is 39.2 Å². The molecule has 0 amide bonds. The third kappa shape index (κ3) is 2.63. The summed E-state index contributed by atoms with van der Waals surface area (Å²) in [5, 5.41) is 19.8. The second-order valence-electron chi connectivity index (χ2n) is 5.62. The van der Waals surface area contributed by atoms with E-state index in [2.05, 4.69) is 4.98 Å². The first-order valence-electron chi connectivity index (χ1n) is 7.08. The number of carboxylic acid groups (broad SMARTS) is 1. The number of carbonyl (C=O) groups is 1. The lowest BCUT2D eigenvalue weighted by atomic mass is 9.73. The zero-order chi connectivity index (χ0) is 14.8. The molecule has 20 heavy (non-hydrogen) atoms. The van der Waals surface area contributed by atoms with E-state index in [4.69, 9.17) is 0 Å². The lowest BCUT2D eigenvalue weighted by Gasteiger charge is -2.43. The molecule has 0 aromatic carbocycles. The maximum absolute atomic E-state index is 11.6. The number of β-amino-alcohol motifs (C(OH)–C–C–N with tert-alkyl or cyclic N) is 1. The summed E-state index contributed by atoms with van der Waals surface area (Å²) in [4.78, 5) is 17.9. The van der Waals surface area contributed by atoms with Crippen LogP contribution in [0.4, 0.5) is 5.82 Å². The fraction of sp³-hybridized carbons (Fsp3) is 0.600. The van der Waals surface area contributed by atoms with E-state index in [1.165, 1.54) is 0 Å². The van der Waals surface area contributed by atoms with Crippen LogP contribution in [0.25, 0.3) is 0 Å². The Hall–Kier alpha value is -1.62. The van der Waals surface area contributed by atoms with Gasteiger partial charge < -0.3 is 15.1 Å². The van der Waals surface area contributed by atoms with E-state index >= 15 is 0 Å². The standard InChI is InChI=1S/C15H22N2O3/c1-3-6-15(14(19)20)7-8-17(10-12(15)18)13-5-4-11(2)9-16-13/h4-5,9,12,18H,3,6-8,10H2,1-2H3,(H,19,20)/t12-,15-/m0/s1. The molecule has 1 saturated heterocycles. The van der Waals surface area contributed by atoms with E-state index < -0.39 is 17.5 Å². The summed E-state index contributed by atoms with van der Waals surface area (Å²) >= 11 is 0. The summed E-state index contributed by atoms with van der Waals surface area (Å²) in [6.07, 6.45) is 2.64. The van der Waals surface area contributed by atoms with Crippen LogP contribution in [0.2, 0.25) is 0 Å². The number of aromatic nitrogens is 1. The van der Waals surface area contributed by atoms with Crippen molar-refractivity contribution in [3.05, 3.63) is 23.9 Å². The molecule has 2 heterocycles. The van der Waals surface area contributed by atoms with Crippen molar-refractivity contribution >= 4 is 11.8 Å². The maximum atomic E-state index is 11.6. The summed E-state index contributed by atoms with van der Waals surface area (Å²) in [7, 11) is 0. The highest BCUT2D eigenvalue weighted by molar-refractivity contribution is 5.76. The van der Waals surface area contributed by atoms with Crippen molar-refractivity contribution in [1.82, 2.24) is 4.98 Å². The summed E-state index contributed by atoms with van der Waals surface area (Å²) in [5.74, 6) is -0.0893. The number of pyridine rings is 1. The second kappa shape index (κ2) is 5.79. The molecule has 1 aliphatic rings. The van der Waals surface area contributed by atoms with Crippen molar-refractivity contribution in [3.8, 4) is 0 Å². The van der Waals surface area contributed by atoms with Crippen molar-refractivity contribution in [2.75, 3.05) is 18.0 Å². The van der Waals surface area contributed by atoms with Crippen molar-refractivity contribution in [2.24, 2.45) is 5.41 Å². The van der Waals surface area contributed by atoms with E-state index in [9.17, 15) is 15.0 Å². The van der Waals surface area contributed by atoms with E-state index in [1.807, 2.05) is 30.9 Å². The largest absolute Gasteiger partial charge is 0.481 e. The van der Waals surface area contributed by atoms with Gasteiger partial charge in [-0.25, -0.2) is 4.98 Å². The summed E-state index contributed by atoms with van der Waals surface area (Å²) in [5.41, 5.74) is 0.0767. The monoisotopic (exact) mass is 278 g/mol. The topological polar surface area (TPSA) is 73.7 Å². The van der Waals surface area contributed by atoms with Gasteiger partial charge in [-0.05, 0) is 31.4 Å². The number of rotatable bonds is 4. The van der Waals surface area contributed by atoms with E-state index in [1.54, 1.807) is 6.20 Å². The minimum absolute atomic E-state index is 0.322. The van der Waals surface area contributed by atoms with Crippen LogP contribution in [-0.2, 0) is 4.79 Å². The molecule has 0 spiro atoms. The number of piperidine rings is 1. The highest BCUT2D eigenvalue weighted by atomic mass is 16.4. The molecule has 5 heteroatoms. The van der Waals surface area contributed by atoms with Crippen molar-refractivity contribution in [3.63, 3.8) is 0 Å². The van der Waals surface area contributed by atoms with Gasteiger partial charge in [0.2, 0.25) is 0 Å². The van der Waals surface area contributed by atoms with Crippen LogP contribution in [0.3, 0.4) is 0 Å².